The van der Waals surface area contributed by atoms with Gasteiger partial charge >= 0.3 is 0 Å². The van der Waals surface area contributed by atoms with E-state index in [9.17, 15) is 0 Å². The maximum absolute atomic E-state index is 6.18. The summed E-state index contributed by atoms with van der Waals surface area (Å²) in [5.74, 6) is 0. The van der Waals surface area contributed by atoms with Crippen molar-refractivity contribution in [2.75, 3.05) is 0 Å². The van der Waals surface area contributed by atoms with E-state index in [-0.39, 0.29) is 6.04 Å². The van der Waals surface area contributed by atoms with Gasteiger partial charge in [-0.15, -0.1) is 23.1 Å². The molecule has 4 heteroatoms. The van der Waals surface area contributed by atoms with Crippen LogP contribution in [0.15, 0.2) is 39.0 Å². The molecule has 0 aliphatic rings. The molecule has 0 fully saturated rings. The highest BCUT2D eigenvalue weighted by Gasteiger charge is 2.20. The molecule has 2 unspecified atom stereocenters. The van der Waals surface area contributed by atoms with Crippen molar-refractivity contribution in [3.8, 4) is 0 Å². The summed E-state index contributed by atoms with van der Waals surface area (Å²) in [6, 6.07) is 8.88. The van der Waals surface area contributed by atoms with Crippen LogP contribution in [0.25, 0.3) is 0 Å². The predicted molar refractivity (Wildman–Crippen MR) is 90.2 cm³/mol. The monoisotopic (exact) mass is 355 g/mol. The topological polar surface area (TPSA) is 26.0 Å². The molecule has 0 aliphatic carbocycles. The standard InChI is InChI=1S/C15H18BrNS2/c1-9-4-5-10(2)13(6-9)19-15(11(3)17)14-7-12(16)8-18-14/h4-8,11,15H,17H2,1-3H3. The minimum absolute atomic E-state index is 0.121. The number of benzene rings is 1. The lowest BCUT2D eigenvalue weighted by Crippen LogP contribution is -2.21. The molecule has 0 bridgehead atoms. The van der Waals surface area contributed by atoms with Gasteiger partial charge in [0.15, 0.2) is 0 Å². The quantitative estimate of drug-likeness (QED) is 0.752. The largest absolute Gasteiger partial charge is 0.327 e. The summed E-state index contributed by atoms with van der Waals surface area (Å²) in [6.45, 7) is 6.37. The first-order valence-corrected chi connectivity index (χ1v) is 8.76. The van der Waals surface area contributed by atoms with Gasteiger partial charge in [-0.1, -0.05) is 17.7 Å². The molecule has 0 amide bonds. The first kappa shape index (κ1) is 15.1. The van der Waals surface area contributed by atoms with Gasteiger partial charge in [0.1, 0.15) is 0 Å². The van der Waals surface area contributed by atoms with Gasteiger partial charge in [0, 0.05) is 25.7 Å². The zero-order valence-electron chi connectivity index (χ0n) is 11.3. The molecule has 1 nitrogen and oxygen atoms in total. The molecule has 102 valence electrons. The number of thioether (sulfide) groups is 1. The van der Waals surface area contributed by atoms with Crippen LogP contribution in [0, 0.1) is 13.8 Å². The van der Waals surface area contributed by atoms with Gasteiger partial charge in [-0.3, -0.25) is 0 Å². The van der Waals surface area contributed by atoms with Crippen LogP contribution < -0.4 is 5.73 Å². The average Bonchev–Trinajstić information content (AvgIpc) is 2.76. The lowest BCUT2D eigenvalue weighted by Gasteiger charge is -2.20. The third kappa shape index (κ3) is 3.85. The molecule has 1 aromatic heterocycles. The first-order valence-electron chi connectivity index (χ1n) is 6.21. The minimum Gasteiger partial charge on any atom is -0.327 e. The molecular weight excluding hydrogens is 338 g/mol. The fourth-order valence-corrected chi connectivity index (χ4v) is 4.90. The van der Waals surface area contributed by atoms with Crippen LogP contribution in [0.1, 0.15) is 28.2 Å². The van der Waals surface area contributed by atoms with E-state index >= 15 is 0 Å². The lowest BCUT2D eigenvalue weighted by molar-refractivity contribution is 0.729. The second-order valence-corrected chi connectivity index (χ2v) is 7.88. The number of nitrogens with two attached hydrogens (primary N) is 1. The third-order valence-corrected chi connectivity index (χ3v) is 6.50. The average molecular weight is 356 g/mol. The Balaban J connectivity index is 2.29. The van der Waals surface area contributed by atoms with Crippen molar-refractivity contribution in [2.24, 2.45) is 5.73 Å². The van der Waals surface area contributed by atoms with E-state index in [1.807, 2.05) is 11.8 Å². The Morgan fingerprint density at radius 1 is 1.26 bits per heavy atom. The van der Waals surface area contributed by atoms with E-state index in [0.29, 0.717) is 5.25 Å². The van der Waals surface area contributed by atoms with E-state index in [4.69, 9.17) is 5.73 Å². The highest BCUT2D eigenvalue weighted by Crippen LogP contribution is 2.42. The van der Waals surface area contributed by atoms with Crippen molar-refractivity contribution in [3.05, 3.63) is 50.1 Å². The molecular formula is C15H18BrNS2. The molecule has 19 heavy (non-hydrogen) atoms. The summed E-state index contributed by atoms with van der Waals surface area (Å²) < 4.78 is 1.14. The maximum atomic E-state index is 6.18. The Kier molecular flexibility index (Phi) is 5.12. The van der Waals surface area contributed by atoms with Crippen molar-refractivity contribution < 1.29 is 0 Å². The highest BCUT2D eigenvalue weighted by atomic mass is 79.9. The fraction of sp³-hybridized carbons (Fsp3) is 0.333. The molecule has 1 aromatic carbocycles. The zero-order chi connectivity index (χ0) is 14.0. The van der Waals surface area contributed by atoms with Crippen molar-refractivity contribution >= 4 is 39.0 Å². The second-order valence-electron chi connectivity index (χ2n) is 4.83. The van der Waals surface area contributed by atoms with E-state index in [1.54, 1.807) is 11.3 Å². The van der Waals surface area contributed by atoms with Gasteiger partial charge < -0.3 is 5.73 Å². The van der Waals surface area contributed by atoms with Gasteiger partial charge in [0.25, 0.3) is 0 Å². The van der Waals surface area contributed by atoms with Crippen LogP contribution in [-0.2, 0) is 0 Å². The molecule has 2 N–H and O–H groups in total. The van der Waals surface area contributed by atoms with E-state index in [2.05, 4.69) is 66.3 Å². The smallest absolute Gasteiger partial charge is 0.0587 e. The number of thiophene rings is 1. The van der Waals surface area contributed by atoms with Gasteiger partial charge in [0.05, 0.1) is 5.25 Å². The Bertz CT molecular complexity index is 563. The molecule has 0 saturated carbocycles. The van der Waals surface area contributed by atoms with E-state index in [1.165, 1.54) is 20.9 Å². The normalized spacial score (nSPS) is 14.4. The number of hydrogen-bond donors (Lipinski definition) is 1. The number of halogens is 1. The highest BCUT2D eigenvalue weighted by molar-refractivity contribution is 9.10. The number of hydrogen-bond acceptors (Lipinski definition) is 3. The van der Waals surface area contributed by atoms with Gasteiger partial charge in [-0.2, -0.15) is 0 Å². The van der Waals surface area contributed by atoms with Gasteiger partial charge in [-0.25, -0.2) is 0 Å². The number of rotatable bonds is 4. The second kappa shape index (κ2) is 6.44. The number of aryl methyl sites for hydroxylation is 2. The van der Waals surface area contributed by atoms with E-state index in [0.717, 1.165) is 4.47 Å². The Labute approximate surface area is 131 Å². The summed E-state index contributed by atoms with van der Waals surface area (Å²) in [5.41, 5.74) is 8.80. The van der Waals surface area contributed by atoms with Crippen LogP contribution in [0.5, 0.6) is 0 Å². The van der Waals surface area contributed by atoms with Crippen molar-refractivity contribution in [1.82, 2.24) is 0 Å². The zero-order valence-corrected chi connectivity index (χ0v) is 14.5. The Hall–Kier alpha value is -0.290. The predicted octanol–water partition coefficient (Wildman–Crippen LogP) is 5.31. The SMILES string of the molecule is Cc1ccc(C)c(SC(c2cc(Br)cs2)C(C)N)c1. The van der Waals surface area contributed by atoms with Crippen molar-refractivity contribution in [3.63, 3.8) is 0 Å². The van der Waals surface area contributed by atoms with Gasteiger partial charge in [0.2, 0.25) is 0 Å². The lowest BCUT2D eigenvalue weighted by atomic mass is 10.2. The van der Waals surface area contributed by atoms with Gasteiger partial charge in [-0.05, 0) is 54.4 Å². The van der Waals surface area contributed by atoms with Crippen molar-refractivity contribution in [1.29, 1.82) is 0 Å². The van der Waals surface area contributed by atoms with Crippen LogP contribution in [0.4, 0.5) is 0 Å². The molecule has 1 heterocycles. The molecule has 0 spiro atoms. The maximum Gasteiger partial charge on any atom is 0.0587 e. The van der Waals surface area contributed by atoms with Crippen LogP contribution in [-0.4, -0.2) is 6.04 Å². The van der Waals surface area contributed by atoms with E-state index < -0.39 is 0 Å². The summed E-state index contributed by atoms with van der Waals surface area (Å²) in [7, 11) is 0. The molecule has 0 aliphatic heterocycles. The fourth-order valence-electron chi connectivity index (χ4n) is 1.87. The summed E-state index contributed by atoms with van der Waals surface area (Å²) in [5, 5.41) is 2.42. The Morgan fingerprint density at radius 3 is 2.58 bits per heavy atom. The van der Waals surface area contributed by atoms with Crippen LogP contribution in [0.3, 0.4) is 0 Å². The Morgan fingerprint density at radius 2 is 2.00 bits per heavy atom. The molecule has 0 radical (unpaired) electrons. The summed E-state index contributed by atoms with van der Waals surface area (Å²) in [4.78, 5) is 2.65. The molecule has 2 atom stereocenters. The van der Waals surface area contributed by atoms with Crippen molar-refractivity contribution in [2.45, 2.75) is 37.0 Å². The summed E-state index contributed by atoms with van der Waals surface area (Å²) >= 11 is 7.16. The van der Waals surface area contributed by atoms with Crippen LogP contribution >= 0.6 is 39.0 Å². The molecule has 2 rings (SSSR count). The summed E-state index contributed by atoms with van der Waals surface area (Å²) in [6.07, 6.45) is 0. The molecule has 0 saturated heterocycles. The van der Waals surface area contributed by atoms with Crippen LogP contribution in [0.2, 0.25) is 0 Å². The minimum atomic E-state index is 0.121. The third-order valence-electron chi connectivity index (χ3n) is 2.94. The molecule has 2 aromatic rings. The first-order chi connectivity index (χ1) is 8.97.